The van der Waals surface area contributed by atoms with Gasteiger partial charge in [-0.15, -0.1) is 0 Å². The van der Waals surface area contributed by atoms with Gasteiger partial charge in [-0.25, -0.2) is 0 Å². The number of nitriles is 2. The van der Waals surface area contributed by atoms with Gasteiger partial charge in [0.25, 0.3) is 0 Å². The zero-order valence-electron chi connectivity index (χ0n) is 12.4. The molecule has 1 fully saturated rings. The average Bonchev–Trinajstić information content (AvgIpc) is 2.99. The topological polar surface area (TPSA) is 100 Å². The van der Waals surface area contributed by atoms with Crippen molar-refractivity contribution in [2.24, 2.45) is 17.3 Å². The Morgan fingerprint density at radius 2 is 1.52 bits per heavy atom. The second-order valence-electron chi connectivity index (χ2n) is 5.01. The lowest BCUT2D eigenvalue weighted by atomic mass is 9.67. The first-order valence-corrected chi connectivity index (χ1v) is 7.23. The van der Waals surface area contributed by atoms with Crippen molar-refractivity contribution in [1.82, 2.24) is 0 Å². The van der Waals surface area contributed by atoms with Crippen LogP contribution in [0.5, 0.6) is 0 Å². The van der Waals surface area contributed by atoms with Crippen molar-refractivity contribution in [3.63, 3.8) is 0 Å². The minimum atomic E-state index is -1.71. The first-order chi connectivity index (χ1) is 10.1. The van der Waals surface area contributed by atoms with E-state index in [2.05, 4.69) is 0 Å². The SMILES string of the molecule is CCOC(=O)C(C(=O)OCC)C(C#N)(C#N)C1CCCC1. The van der Waals surface area contributed by atoms with Gasteiger partial charge in [-0.2, -0.15) is 10.5 Å². The lowest BCUT2D eigenvalue weighted by Gasteiger charge is -2.30. The molecular formula is C15H20N2O4. The van der Waals surface area contributed by atoms with E-state index in [0.29, 0.717) is 12.8 Å². The van der Waals surface area contributed by atoms with Crippen molar-refractivity contribution in [3.05, 3.63) is 0 Å². The number of ether oxygens (including phenoxy) is 2. The van der Waals surface area contributed by atoms with E-state index in [-0.39, 0.29) is 19.1 Å². The van der Waals surface area contributed by atoms with Crippen LogP contribution in [-0.2, 0) is 19.1 Å². The molecule has 0 radical (unpaired) electrons. The average molecular weight is 292 g/mol. The van der Waals surface area contributed by atoms with Crippen molar-refractivity contribution in [2.45, 2.75) is 39.5 Å². The molecule has 0 aromatic carbocycles. The Kier molecular flexibility index (Phi) is 6.17. The molecule has 1 rings (SSSR count). The molecule has 0 aromatic rings. The van der Waals surface area contributed by atoms with E-state index in [1.807, 2.05) is 12.1 Å². The predicted molar refractivity (Wildman–Crippen MR) is 72.4 cm³/mol. The summed E-state index contributed by atoms with van der Waals surface area (Å²) in [5.41, 5.74) is -1.71. The van der Waals surface area contributed by atoms with Crippen molar-refractivity contribution in [3.8, 4) is 12.1 Å². The molecule has 6 heteroatoms. The number of carbonyl (C=O) groups excluding carboxylic acids is 2. The fourth-order valence-corrected chi connectivity index (χ4v) is 2.87. The molecule has 0 N–H and O–H groups in total. The van der Waals surface area contributed by atoms with Crippen LogP contribution in [-0.4, -0.2) is 25.2 Å². The number of esters is 2. The number of carbonyl (C=O) groups is 2. The van der Waals surface area contributed by atoms with Crippen molar-refractivity contribution >= 4 is 11.9 Å². The molecule has 0 bridgehead atoms. The van der Waals surface area contributed by atoms with E-state index in [1.165, 1.54) is 0 Å². The molecule has 0 spiro atoms. The van der Waals surface area contributed by atoms with Gasteiger partial charge in [-0.1, -0.05) is 12.8 Å². The monoisotopic (exact) mass is 292 g/mol. The zero-order chi connectivity index (χ0) is 15.9. The van der Waals surface area contributed by atoms with Crippen LogP contribution in [0.15, 0.2) is 0 Å². The third kappa shape index (κ3) is 3.33. The smallest absolute Gasteiger partial charge is 0.323 e. The van der Waals surface area contributed by atoms with Crippen molar-refractivity contribution in [2.75, 3.05) is 13.2 Å². The first-order valence-electron chi connectivity index (χ1n) is 7.23. The van der Waals surface area contributed by atoms with Gasteiger partial charge >= 0.3 is 11.9 Å². The van der Waals surface area contributed by atoms with Crippen molar-refractivity contribution in [1.29, 1.82) is 10.5 Å². The molecule has 114 valence electrons. The van der Waals surface area contributed by atoms with Gasteiger partial charge in [0.2, 0.25) is 0 Å². The molecule has 0 saturated heterocycles. The second kappa shape index (κ2) is 7.64. The molecular weight excluding hydrogens is 272 g/mol. The summed E-state index contributed by atoms with van der Waals surface area (Å²) in [5, 5.41) is 19.1. The van der Waals surface area contributed by atoms with E-state index < -0.39 is 23.3 Å². The van der Waals surface area contributed by atoms with E-state index in [0.717, 1.165) is 12.8 Å². The molecule has 6 nitrogen and oxygen atoms in total. The maximum atomic E-state index is 12.2. The molecule has 1 aliphatic rings. The van der Waals surface area contributed by atoms with Gasteiger partial charge in [0, 0.05) is 0 Å². The third-order valence-corrected chi connectivity index (χ3v) is 3.87. The van der Waals surface area contributed by atoms with Crippen LogP contribution in [0.4, 0.5) is 0 Å². The van der Waals surface area contributed by atoms with E-state index in [4.69, 9.17) is 9.47 Å². The second-order valence-corrected chi connectivity index (χ2v) is 5.01. The Morgan fingerprint density at radius 1 is 1.10 bits per heavy atom. The first kappa shape index (κ1) is 17.0. The minimum absolute atomic E-state index is 0.0757. The van der Waals surface area contributed by atoms with Crippen LogP contribution in [0.1, 0.15) is 39.5 Å². The Hall–Kier alpha value is -2.08. The third-order valence-electron chi connectivity index (χ3n) is 3.87. The largest absolute Gasteiger partial charge is 0.465 e. The molecule has 1 aliphatic carbocycles. The molecule has 0 aromatic heterocycles. The Bertz CT molecular complexity index is 437. The minimum Gasteiger partial charge on any atom is -0.465 e. The standard InChI is InChI=1S/C15H20N2O4/c1-3-20-13(18)12(14(19)21-4-2)15(9-16,10-17)11-7-5-6-8-11/h11-12H,3-8H2,1-2H3. The zero-order valence-corrected chi connectivity index (χ0v) is 12.4. The molecule has 0 unspecified atom stereocenters. The van der Waals surface area contributed by atoms with Gasteiger partial charge in [-0.05, 0) is 32.6 Å². The molecule has 0 atom stereocenters. The van der Waals surface area contributed by atoms with Gasteiger partial charge in [0.15, 0.2) is 11.3 Å². The van der Waals surface area contributed by atoms with Crippen molar-refractivity contribution < 1.29 is 19.1 Å². The molecule has 1 saturated carbocycles. The summed E-state index contributed by atoms with van der Waals surface area (Å²) in [6, 6.07) is 3.85. The molecule has 0 heterocycles. The number of hydrogen-bond donors (Lipinski definition) is 0. The molecule has 0 aliphatic heterocycles. The summed E-state index contributed by atoms with van der Waals surface area (Å²) in [5.74, 6) is -3.53. The van der Waals surface area contributed by atoms with Crippen LogP contribution < -0.4 is 0 Å². The lowest BCUT2D eigenvalue weighted by Crippen LogP contribution is -2.45. The van der Waals surface area contributed by atoms with Gasteiger partial charge < -0.3 is 9.47 Å². The van der Waals surface area contributed by atoms with E-state index in [9.17, 15) is 20.1 Å². The number of rotatable bonds is 6. The summed E-state index contributed by atoms with van der Waals surface area (Å²) < 4.78 is 9.80. The Labute approximate surface area is 124 Å². The highest BCUT2D eigenvalue weighted by atomic mass is 16.6. The highest BCUT2D eigenvalue weighted by molar-refractivity contribution is 5.97. The maximum Gasteiger partial charge on any atom is 0.323 e. The highest BCUT2D eigenvalue weighted by Crippen LogP contribution is 2.45. The van der Waals surface area contributed by atoms with Crippen LogP contribution in [0, 0.1) is 39.9 Å². The lowest BCUT2D eigenvalue weighted by molar-refractivity contribution is -0.166. The quantitative estimate of drug-likeness (QED) is 0.548. The maximum absolute atomic E-state index is 12.2. The molecule has 21 heavy (non-hydrogen) atoms. The summed E-state index contributed by atoms with van der Waals surface area (Å²) >= 11 is 0. The van der Waals surface area contributed by atoms with Crippen LogP contribution >= 0.6 is 0 Å². The van der Waals surface area contributed by atoms with Crippen LogP contribution in [0.3, 0.4) is 0 Å². The van der Waals surface area contributed by atoms with Gasteiger partial charge in [0.1, 0.15) is 0 Å². The number of nitrogens with zero attached hydrogens (tertiary/aromatic N) is 2. The fourth-order valence-electron chi connectivity index (χ4n) is 2.87. The predicted octanol–water partition coefficient (Wildman–Crippen LogP) is 1.95. The number of hydrogen-bond acceptors (Lipinski definition) is 6. The summed E-state index contributed by atoms with van der Waals surface area (Å²) in [6.45, 7) is 3.37. The van der Waals surface area contributed by atoms with Gasteiger partial charge in [0.05, 0.1) is 25.4 Å². The summed E-state index contributed by atoms with van der Waals surface area (Å²) in [6.07, 6.45) is 3.06. The normalized spacial score (nSPS) is 15.3. The van der Waals surface area contributed by atoms with E-state index >= 15 is 0 Å². The Balaban J connectivity index is 3.23. The van der Waals surface area contributed by atoms with Crippen LogP contribution in [0.25, 0.3) is 0 Å². The Morgan fingerprint density at radius 3 is 1.86 bits per heavy atom. The van der Waals surface area contributed by atoms with Crippen LogP contribution in [0.2, 0.25) is 0 Å². The fraction of sp³-hybridized carbons (Fsp3) is 0.733. The van der Waals surface area contributed by atoms with E-state index in [1.54, 1.807) is 13.8 Å². The molecule has 0 amide bonds. The summed E-state index contributed by atoms with van der Waals surface area (Å²) in [4.78, 5) is 24.3. The summed E-state index contributed by atoms with van der Waals surface area (Å²) in [7, 11) is 0. The van der Waals surface area contributed by atoms with Gasteiger partial charge in [-0.3, -0.25) is 9.59 Å². The highest BCUT2D eigenvalue weighted by Gasteiger charge is 2.56.